The minimum Gasteiger partial charge on any atom is -0.494 e. The summed E-state index contributed by atoms with van der Waals surface area (Å²) in [6.45, 7) is 0. The molecule has 5 nitrogen and oxygen atoms in total. The highest BCUT2D eigenvalue weighted by atomic mass is 19.1. The van der Waals surface area contributed by atoms with Gasteiger partial charge < -0.3 is 15.2 Å². The second kappa shape index (κ2) is 6.39. The van der Waals surface area contributed by atoms with Crippen molar-refractivity contribution in [2.45, 2.75) is 18.9 Å². The van der Waals surface area contributed by atoms with E-state index in [4.69, 9.17) is 4.74 Å². The van der Waals surface area contributed by atoms with Crippen LogP contribution in [-0.4, -0.2) is 24.1 Å². The van der Waals surface area contributed by atoms with Gasteiger partial charge in [0.25, 0.3) is 0 Å². The maximum absolute atomic E-state index is 13.7. The van der Waals surface area contributed by atoms with Gasteiger partial charge in [-0.25, -0.2) is 9.18 Å². The summed E-state index contributed by atoms with van der Waals surface area (Å²) in [5.74, 6) is -2.48. The van der Waals surface area contributed by atoms with Crippen molar-refractivity contribution >= 4 is 11.9 Å². The Balaban J connectivity index is 2.17. The van der Waals surface area contributed by atoms with Crippen LogP contribution in [0, 0.1) is 11.7 Å². The van der Waals surface area contributed by atoms with Gasteiger partial charge in [0.15, 0.2) is 17.6 Å². The number of methoxy groups -OCH3 is 1. The molecule has 2 rings (SSSR count). The SMILES string of the molecule is COc1ccc(C(NC(=O)C2CC=CC2)C(=O)O)cc1F. The molecule has 0 aliphatic heterocycles. The van der Waals surface area contributed by atoms with Gasteiger partial charge in [-0.2, -0.15) is 0 Å². The molecule has 1 aliphatic rings. The number of rotatable bonds is 5. The van der Waals surface area contributed by atoms with E-state index in [1.807, 2.05) is 12.2 Å². The van der Waals surface area contributed by atoms with Crippen LogP contribution >= 0.6 is 0 Å². The molecule has 1 aromatic carbocycles. The minimum absolute atomic E-state index is 0.0224. The first kappa shape index (κ1) is 15.0. The van der Waals surface area contributed by atoms with Crippen LogP contribution < -0.4 is 10.1 Å². The minimum atomic E-state index is -1.28. The Morgan fingerprint density at radius 3 is 2.57 bits per heavy atom. The van der Waals surface area contributed by atoms with Crippen molar-refractivity contribution in [2.24, 2.45) is 5.92 Å². The molecular weight excluding hydrogens is 277 g/mol. The number of nitrogens with one attached hydrogen (secondary N) is 1. The Bertz CT molecular complexity index is 577. The molecule has 21 heavy (non-hydrogen) atoms. The molecule has 1 atom stereocenters. The molecule has 6 heteroatoms. The fraction of sp³-hybridized carbons (Fsp3) is 0.333. The molecule has 1 aromatic rings. The Kier molecular flexibility index (Phi) is 4.57. The lowest BCUT2D eigenvalue weighted by atomic mass is 10.0. The van der Waals surface area contributed by atoms with E-state index in [0.717, 1.165) is 6.07 Å². The van der Waals surface area contributed by atoms with E-state index < -0.39 is 17.8 Å². The fourth-order valence-corrected chi connectivity index (χ4v) is 2.24. The molecule has 1 amide bonds. The van der Waals surface area contributed by atoms with E-state index in [1.54, 1.807) is 0 Å². The van der Waals surface area contributed by atoms with Crippen molar-refractivity contribution in [3.05, 3.63) is 41.7 Å². The molecule has 1 unspecified atom stereocenters. The lowest BCUT2D eigenvalue weighted by Crippen LogP contribution is -2.37. The zero-order valence-electron chi connectivity index (χ0n) is 11.5. The molecular formula is C15H16FNO4. The maximum Gasteiger partial charge on any atom is 0.330 e. The molecule has 0 fully saturated rings. The van der Waals surface area contributed by atoms with Gasteiger partial charge in [-0.15, -0.1) is 0 Å². The second-order valence-corrected chi connectivity index (χ2v) is 4.81. The highest BCUT2D eigenvalue weighted by Crippen LogP contribution is 2.24. The summed E-state index contributed by atoms with van der Waals surface area (Å²) in [7, 11) is 1.32. The van der Waals surface area contributed by atoms with Crippen LogP contribution in [0.2, 0.25) is 0 Å². The molecule has 0 radical (unpaired) electrons. The van der Waals surface area contributed by atoms with Gasteiger partial charge in [0.05, 0.1) is 7.11 Å². The summed E-state index contributed by atoms with van der Waals surface area (Å²) in [6, 6.07) is 2.54. The number of hydrogen-bond acceptors (Lipinski definition) is 3. The monoisotopic (exact) mass is 293 g/mol. The van der Waals surface area contributed by atoms with Gasteiger partial charge in [-0.3, -0.25) is 4.79 Å². The van der Waals surface area contributed by atoms with E-state index in [0.29, 0.717) is 12.8 Å². The summed E-state index contributed by atoms with van der Waals surface area (Å²) >= 11 is 0. The smallest absolute Gasteiger partial charge is 0.330 e. The number of benzene rings is 1. The average Bonchev–Trinajstić information content (AvgIpc) is 2.98. The summed E-state index contributed by atoms with van der Waals surface area (Å²) in [5.41, 5.74) is 0.167. The van der Waals surface area contributed by atoms with E-state index in [9.17, 15) is 19.1 Å². The Hall–Kier alpha value is -2.37. The third-order valence-electron chi connectivity index (χ3n) is 3.42. The van der Waals surface area contributed by atoms with Crippen LogP contribution in [0.5, 0.6) is 5.75 Å². The maximum atomic E-state index is 13.7. The number of carboxylic acids is 1. The van der Waals surface area contributed by atoms with Crippen LogP contribution in [0.15, 0.2) is 30.4 Å². The molecule has 0 saturated carbocycles. The lowest BCUT2D eigenvalue weighted by molar-refractivity contribution is -0.142. The number of ether oxygens (including phenoxy) is 1. The Labute approximate surface area is 121 Å². The first-order chi connectivity index (χ1) is 10.0. The number of allylic oxidation sites excluding steroid dienone is 2. The zero-order chi connectivity index (χ0) is 15.4. The highest BCUT2D eigenvalue weighted by molar-refractivity contribution is 5.86. The van der Waals surface area contributed by atoms with E-state index in [2.05, 4.69) is 5.32 Å². The first-order valence-corrected chi connectivity index (χ1v) is 6.54. The predicted octanol–water partition coefficient (Wildman–Crippen LogP) is 2.04. The number of halogens is 1. The first-order valence-electron chi connectivity index (χ1n) is 6.54. The van der Waals surface area contributed by atoms with Gasteiger partial charge in [-0.1, -0.05) is 18.2 Å². The Morgan fingerprint density at radius 1 is 1.38 bits per heavy atom. The number of carboxylic acid groups (broad SMARTS) is 1. The third kappa shape index (κ3) is 3.39. The Morgan fingerprint density at radius 2 is 2.05 bits per heavy atom. The van der Waals surface area contributed by atoms with Crippen LogP contribution in [0.25, 0.3) is 0 Å². The van der Waals surface area contributed by atoms with Gasteiger partial charge in [0.1, 0.15) is 0 Å². The predicted molar refractivity (Wildman–Crippen MR) is 73.3 cm³/mol. The van der Waals surface area contributed by atoms with Gasteiger partial charge in [-0.05, 0) is 30.5 Å². The van der Waals surface area contributed by atoms with Crippen molar-refractivity contribution in [3.63, 3.8) is 0 Å². The average molecular weight is 293 g/mol. The van der Waals surface area contributed by atoms with Gasteiger partial charge in [0.2, 0.25) is 5.91 Å². The summed E-state index contributed by atoms with van der Waals surface area (Å²) in [5, 5.41) is 11.7. The quantitative estimate of drug-likeness (QED) is 0.815. The molecule has 0 saturated heterocycles. The third-order valence-corrected chi connectivity index (χ3v) is 3.42. The van der Waals surface area contributed by atoms with Crippen LogP contribution in [-0.2, 0) is 9.59 Å². The standard InChI is InChI=1S/C15H16FNO4/c1-21-12-7-6-10(8-11(12)16)13(15(19)20)17-14(18)9-4-2-3-5-9/h2-3,6-9,13H,4-5H2,1H3,(H,17,18)(H,19,20). The summed E-state index contributed by atoms with van der Waals surface area (Å²) in [6.07, 6.45) is 4.95. The van der Waals surface area contributed by atoms with E-state index in [-0.39, 0.29) is 23.1 Å². The number of aliphatic carboxylic acids is 1. The fourth-order valence-electron chi connectivity index (χ4n) is 2.24. The van der Waals surface area contributed by atoms with Crippen LogP contribution in [0.3, 0.4) is 0 Å². The molecule has 0 spiro atoms. The van der Waals surface area contributed by atoms with Crippen LogP contribution in [0.4, 0.5) is 4.39 Å². The molecule has 2 N–H and O–H groups in total. The van der Waals surface area contributed by atoms with E-state index in [1.165, 1.54) is 19.2 Å². The van der Waals surface area contributed by atoms with Crippen molar-refractivity contribution in [1.82, 2.24) is 5.32 Å². The van der Waals surface area contributed by atoms with Crippen molar-refractivity contribution in [2.75, 3.05) is 7.11 Å². The topological polar surface area (TPSA) is 75.6 Å². The molecule has 0 aromatic heterocycles. The molecule has 0 heterocycles. The molecule has 0 bridgehead atoms. The lowest BCUT2D eigenvalue weighted by Gasteiger charge is -2.18. The number of carbonyl (C=O) groups is 2. The second-order valence-electron chi connectivity index (χ2n) is 4.81. The number of hydrogen-bond donors (Lipinski definition) is 2. The molecule has 112 valence electrons. The molecule has 1 aliphatic carbocycles. The normalized spacial score (nSPS) is 15.7. The van der Waals surface area contributed by atoms with Gasteiger partial charge in [0, 0.05) is 5.92 Å². The summed E-state index contributed by atoms with van der Waals surface area (Å²) in [4.78, 5) is 23.3. The summed E-state index contributed by atoms with van der Waals surface area (Å²) < 4.78 is 18.5. The van der Waals surface area contributed by atoms with Crippen LogP contribution in [0.1, 0.15) is 24.4 Å². The van der Waals surface area contributed by atoms with Gasteiger partial charge >= 0.3 is 5.97 Å². The highest BCUT2D eigenvalue weighted by Gasteiger charge is 2.27. The van der Waals surface area contributed by atoms with Crippen molar-refractivity contribution < 1.29 is 23.8 Å². The largest absolute Gasteiger partial charge is 0.494 e. The number of carbonyl (C=O) groups excluding carboxylic acids is 1. The number of amides is 1. The van der Waals surface area contributed by atoms with Crippen molar-refractivity contribution in [1.29, 1.82) is 0 Å². The zero-order valence-corrected chi connectivity index (χ0v) is 11.5. The van der Waals surface area contributed by atoms with E-state index >= 15 is 0 Å². The van der Waals surface area contributed by atoms with Crippen molar-refractivity contribution in [3.8, 4) is 5.75 Å².